The summed E-state index contributed by atoms with van der Waals surface area (Å²) in [4.78, 5) is 25.8. The average Bonchev–Trinajstić information content (AvgIpc) is 3.39. The molecule has 8 nitrogen and oxygen atoms in total. The van der Waals surface area contributed by atoms with Gasteiger partial charge in [0, 0.05) is 18.2 Å². The maximum atomic E-state index is 12.9. The molecule has 0 bridgehead atoms. The maximum absolute atomic E-state index is 12.9. The molecule has 2 N–H and O–H groups in total. The zero-order valence-electron chi connectivity index (χ0n) is 20.1. The Bertz CT molecular complexity index is 1150. The molecule has 0 radical (unpaired) electrons. The molecule has 184 valence electrons. The predicted octanol–water partition coefficient (Wildman–Crippen LogP) is 4.22. The highest BCUT2D eigenvalue weighted by Crippen LogP contribution is 2.27. The lowest BCUT2D eigenvalue weighted by Gasteiger charge is -2.13. The van der Waals surface area contributed by atoms with Crippen LogP contribution in [-0.4, -0.2) is 39.2 Å². The summed E-state index contributed by atoms with van der Waals surface area (Å²) in [7, 11) is 3.00. The summed E-state index contributed by atoms with van der Waals surface area (Å²) >= 11 is 0. The predicted molar refractivity (Wildman–Crippen MR) is 133 cm³/mol. The van der Waals surface area contributed by atoms with Gasteiger partial charge < -0.3 is 29.3 Å². The largest absolute Gasteiger partial charge is 0.494 e. The molecule has 0 saturated heterocycles. The summed E-state index contributed by atoms with van der Waals surface area (Å²) in [5, 5.41) is 5.54. The van der Waals surface area contributed by atoms with Crippen molar-refractivity contribution in [2.24, 2.45) is 0 Å². The summed E-state index contributed by atoms with van der Waals surface area (Å²) in [5.41, 5.74) is 1.46. The van der Waals surface area contributed by atoms with Crippen LogP contribution in [0.5, 0.6) is 17.2 Å². The Morgan fingerprint density at radius 2 is 1.77 bits per heavy atom. The number of ether oxygens (including phenoxy) is 3. The Labute approximate surface area is 204 Å². The lowest BCUT2D eigenvalue weighted by Crippen LogP contribution is -2.35. The van der Waals surface area contributed by atoms with Crippen LogP contribution in [0, 0.1) is 0 Å². The number of nitrogens with one attached hydrogen (secondary N) is 2. The number of furan rings is 1. The van der Waals surface area contributed by atoms with E-state index in [1.807, 2.05) is 31.2 Å². The number of para-hydroxylation sites is 1. The third-order valence-electron chi connectivity index (χ3n) is 5.15. The van der Waals surface area contributed by atoms with Gasteiger partial charge in [0.05, 0.1) is 27.1 Å². The molecule has 35 heavy (non-hydrogen) atoms. The average molecular weight is 479 g/mol. The van der Waals surface area contributed by atoms with E-state index in [2.05, 4.69) is 10.6 Å². The highest BCUT2D eigenvalue weighted by molar-refractivity contribution is 6.05. The first-order valence-electron chi connectivity index (χ1n) is 11.3. The smallest absolute Gasteiger partial charge is 0.267 e. The molecular formula is C27H30N2O6. The molecule has 1 aromatic heterocycles. The molecule has 3 rings (SSSR count). The molecule has 1 heterocycles. The summed E-state index contributed by atoms with van der Waals surface area (Å²) in [6.07, 6.45) is 4.42. The molecule has 3 aromatic rings. The first kappa shape index (κ1) is 25.4. The molecule has 2 amide bonds. The SMILES string of the molecule is CCOc1ccccc1CCCNC(=O)/C(=C/c1ccco1)NC(=O)c1ccc(OC)c(OC)c1. The van der Waals surface area contributed by atoms with Gasteiger partial charge in [0.25, 0.3) is 11.8 Å². The Morgan fingerprint density at radius 3 is 2.49 bits per heavy atom. The van der Waals surface area contributed by atoms with Crippen LogP contribution in [0.2, 0.25) is 0 Å². The minimum Gasteiger partial charge on any atom is -0.494 e. The van der Waals surface area contributed by atoms with Crippen LogP contribution in [0.1, 0.15) is 35.0 Å². The van der Waals surface area contributed by atoms with Crippen LogP contribution in [0.3, 0.4) is 0 Å². The van der Waals surface area contributed by atoms with Crippen LogP contribution < -0.4 is 24.8 Å². The van der Waals surface area contributed by atoms with Crippen LogP contribution in [0.4, 0.5) is 0 Å². The van der Waals surface area contributed by atoms with Crippen molar-refractivity contribution in [3.05, 3.63) is 83.4 Å². The monoisotopic (exact) mass is 478 g/mol. The number of aryl methyl sites for hydroxylation is 1. The molecule has 0 spiro atoms. The number of carbonyl (C=O) groups is 2. The third kappa shape index (κ3) is 7.14. The van der Waals surface area contributed by atoms with E-state index in [0.717, 1.165) is 17.7 Å². The minimum absolute atomic E-state index is 0.0643. The minimum atomic E-state index is -0.468. The van der Waals surface area contributed by atoms with Gasteiger partial charge in [-0.15, -0.1) is 0 Å². The zero-order chi connectivity index (χ0) is 25.0. The molecule has 0 aliphatic carbocycles. The zero-order valence-corrected chi connectivity index (χ0v) is 20.1. The van der Waals surface area contributed by atoms with Gasteiger partial charge in [-0.05, 0) is 61.7 Å². The fourth-order valence-electron chi connectivity index (χ4n) is 3.43. The van der Waals surface area contributed by atoms with Gasteiger partial charge in [-0.2, -0.15) is 0 Å². The number of hydrogen-bond donors (Lipinski definition) is 2. The van der Waals surface area contributed by atoms with Gasteiger partial charge in [-0.25, -0.2) is 0 Å². The third-order valence-corrected chi connectivity index (χ3v) is 5.15. The van der Waals surface area contributed by atoms with Crippen molar-refractivity contribution in [1.82, 2.24) is 10.6 Å². The van der Waals surface area contributed by atoms with Crippen LogP contribution in [-0.2, 0) is 11.2 Å². The standard InChI is InChI=1S/C27H30N2O6/c1-4-34-23-12-6-5-9-19(23)10-7-15-28-27(31)22(18-21-11-8-16-35-21)29-26(30)20-13-14-24(32-2)25(17-20)33-3/h5-6,8-9,11-14,16-18H,4,7,10,15H2,1-3H3,(H,28,31)(H,29,30)/b22-18-. The Morgan fingerprint density at radius 1 is 0.971 bits per heavy atom. The van der Waals surface area contributed by atoms with Crippen molar-refractivity contribution in [3.63, 3.8) is 0 Å². The van der Waals surface area contributed by atoms with Crippen molar-refractivity contribution in [2.45, 2.75) is 19.8 Å². The number of rotatable bonds is 12. The van der Waals surface area contributed by atoms with Crippen LogP contribution >= 0.6 is 0 Å². The van der Waals surface area contributed by atoms with Crippen molar-refractivity contribution in [3.8, 4) is 17.2 Å². The Kier molecular flexibility index (Phi) is 9.36. The highest BCUT2D eigenvalue weighted by atomic mass is 16.5. The van der Waals surface area contributed by atoms with Crippen molar-refractivity contribution in [2.75, 3.05) is 27.4 Å². The second kappa shape index (κ2) is 12.9. The molecule has 2 aromatic carbocycles. The fraction of sp³-hybridized carbons (Fsp3) is 0.259. The molecule has 0 saturated carbocycles. The van der Waals surface area contributed by atoms with E-state index >= 15 is 0 Å². The summed E-state index contributed by atoms with van der Waals surface area (Å²) in [5.74, 6) is 1.31. The second-order valence-electron chi connectivity index (χ2n) is 7.50. The highest BCUT2D eigenvalue weighted by Gasteiger charge is 2.17. The lowest BCUT2D eigenvalue weighted by atomic mass is 10.1. The lowest BCUT2D eigenvalue weighted by molar-refractivity contribution is -0.117. The van der Waals surface area contributed by atoms with Gasteiger partial charge >= 0.3 is 0 Å². The number of carbonyl (C=O) groups excluding carboxylic acids is 2. The number of methoxy groups -OCH3 is 2. The molecule has 0 aliphatic rings. The summed E-state index contributed by atoms with van der Waals surface area (Å²) in [6, 6.07) is 16.0. The van der Waals surface area contributed by atoms with E-state index in [1.54, 1.807) is 30.3 Å². The van der Waals surface area contributed by atoms with Crippen LogP contribution in [0.15, 0.2) is 71.0 Å². The number of hydrogen-bond acceptors (Lipinski definition) is 6. The van der Waals surface area contributed by atoms with Gasteiger partial charge in [0.15, 0.2) is 11.5 Å². The molecule has 0 unspecified atom stereocenters. The normalized spacial score (nSPS) is 11.0. The van der Waals surface area contributed by atoms with Gasteiger partial charge in [0.1, 0.15) is 17.2 Å². The van der Waals surface area contributed by atoms with Crippen LogP contribution in [0.25, 0.3) is 6.08 Å². The Hall–Kier alpha value is -4.20. The summed E-state index contributed by atoms with van der Waals surface area (Å²) in [6.45, 7) is 2.95. The van der Waals surface area contributed by atoms with Crippen molar-refractivity contribution < 1.29 is 28.2 Å². The van der Waals surface area contributed by atoms with Crippen molar-refractivity contribution in [1.29, 1.82) is 0 Å². The number of benzene rings is 2. The topological polar surface area (TPSA) is 99.0 Å². The van der Waals surface area contributed by atoms with Crippen molar-refractivity contribution >= 4 is 17.9 Å². The molecule has 8 heteroatoms. The van der Waals surface area contributed by atoms with E-state index in [-0.39, 0.29) is 5.70 Å². The summed E-state index contributed by atoms with van der Waals surface area (Å²) < 4.78 is 21.5. The second-order valence-corrected chi connectivity index (χ2v) is 7.50. The Balaban J connectivity index is 1.66. The van der Waals surface area contributed by atoms with Gasteiger partial charge in [0.2, 0.25) is 0 Å². The first-order chi connectivity index (χ1) is 17.0. The molecule has 0 aliphatic heterocycles. The van der Waals surface area contributed by atoms with E-state index in [4.69, 9.17) is 18.6 Å². The molecular weight excluding hydrogens is 448 g/mol. The van der Waals surface area contributed by atoms with E-state index in [1.165, 1.54) is 26.6 Å². The van der Waals surface area contributed by atoms with Gasteiger partial charge in [-0.3, -0.25) is 9.59 Å². The number of amides is 2. The van der Waals surface area contributed by atoms with E-state index in [9.17, 15) is 9.59 Å². The maximum Gasteiger partial charge on any atom is 0.267 e. The van der Waals surface area contributed by atoms with E-state index in [0.29, 0.717) is 42.4 Å². The van der Waals surface area contributed by atoms with Gasteiger partial charge in [-0.1, -0.05) is 18.2 Å². The quantitative estimate of drug-likeness (QED) is 0.299. The molecule has 0 atom stereocenters. The molecule has 0 fully saturated rings. The first-order valence-corrected chi connectivity index (χ1v) is 11.3. The van der Waals surface area contributed by atoms with E-state index < -0.39 is 11.8 Å². The fourth-order valence-corrected chi connectivity index (χ4v) is 3.43.